The number of furan rings is 2. The minimum absolute atomic E-state index is 0.221. The molecule has 0 atom stereocenters. The van der Waals surface area contributed by atoms with Gasteiger partial charge >= 0.3 is 0 Å². The topological polar surface area (TPSA) is 26.3 Å². The van der Waals surface area contributed by atoms with Crippen LogP contribution in [0.3, 0.4) is 0 Å². The summed E-state index contributed by atoms with van der Waals surface area (Å²) in [6.45, 7) is 4.78. The van der Waals surface area contributed by atoms with Crippen molar-refractivity contribution in [2.24, 2.45) is 0 Å². The third-order valence-electron chi connectivity index (χ3n) is 14.2. The number of hydrogen-bond acceptors (Lipinski definition) is 2. The first-order valence-electron chi connectivity index (χ1n) is 21.9. The van der Waals surface area contributed by atoms with Gasteiger partial charge in [0, 0.05) is 37.7 Å². The highest BCUT2D eigenvalue weighted by Crippen LogP contribution is 2.53. The van der Waals surface area contributed by atoms with Crippen LogP contribution >= 0.6 is 0 Å². The first-order valence-corrected chi connectivity index (χ1v) is 21.9. The van der Waals surface area contributed by atoms with Crippen LogP contribution in [0, 0.1) is 0 Å². The highest BCUT2D eigenvalue weighted by atomic mass is 16.3. The summed E-state index contributed by atoms with van der Waals surface area (Å²) >= 11 is 0. The molecule has 2 nitrogen and oxygen atoms in total. The third-order valence-corrected chi connectivity index (χ3v) is 14.2. The van der Waals surface area contributed by atoms with E-state index in [1.54, 1.807) is 0 Å². The first kappa shape index (κ1) is 34.7. The van der Waals surface area contributed by atoms with Crippen molar-refractivity contribution in [3.05, 3.63) is 205 Å². The fourth-order valence-corrected chi connectivity index (χ4v) is 11.3. The minimum Gasteiger partial charge on any atom is -0.455 e. The largest absolute Gasteiger partial charge is 0.455 e. The molecule has 13 aromatic rings. The van der Waals surface area contributed by atoms with Gasteiger partial charge in [-0.15, -0.1) is 0 Å². The van der Waals surface area contributed by atoms with Crippen molar-refractivity contribution in [1.29, 1.82) is 0 Å². The fourth-order valence-electron chi connectivity index (χ4n) is 11.3. The van der Waals surface area contributed by atoms with Crippen molar-refractivity contribution < 1.29 is 8.83 Å². The summed E-state index contributed by atoms with van der Waals surface area (Å²) in [6.07, 6.45) is 0. The number of rotatable bonds is 3. The molecule has 2 heterocycles. The van der Waals surface area contributed by atoms with Crippen molar-refractivity contribution in [2.75, 3.05) is 0 Å². The molecule has 0 saturated heterocycles. The van der Waals surface area contributed by atoms with Crippen molar-refractivity contribution in [1.82, 2.24) is 0 Å². The molecule has 0 N–H and O–H groups in total. The van der Waals surface area contributed by atoms with Gasteiger partial charge in [-0.3, -0.25) is 0 Å². The smallest absolute Gasteiger partial charge is 0.144 e. The maximum Gasteiger partial charge on any atom is 0.144 e. The van der Waals surface area contributed by atoms with Crippen LogP contribution in [-0.2, 0) is 5.41 Å². The van der Waals surface area contributed by atoms with Crippen LogP contribution in [0.4, 0.5) is 0 Å². The monoisotopic (exact) mass is 802 g/mol. The van der Waals surface area contributed by atoms with Crippen LogP contribution in [0.25, 0.3) is 131 Å². The van der Waals surface area contributed by atoms with Gasteiger partial charge in [0.2, 0.25) is 0 Å². The van der Waals surface area contributed by atoms with E-state index < -0.39 is 0 Å². The van der Waals surface area contributed by atoms with E-state index in [1.807, 2.05) is 6.07 Å². The standard InChI is InChI=1S/C61H38O2/c1-61(2)51-32-36(37-27-31-50-54(34-37)63-60-48-22-10-9-21-47(48)59-57(58(50)60)49-23-11-12-25-53(49)62-59)26-29-40(51)41-30-28-38(33-52(41)61)55-43-17-5-7-19-45(43)56(46-20-8-6-18-44(46)55)42-24-13-15-35-14-3-4-16-39(35)42/h3-34H,1-2H3. The van der Waals surface area contributed by atoms with Gasteiger partial charge in [-0.2, -0.15) is 0 Å². The lowest BCUT2D eigenvalue weighted by atomic mass is 9.80. The lowest BCUT2D eigenvalue weighted by molar-refractivity contribution is 0.661. The lowest BCUT2D eigenvalue weighted by Gasteiger charge is -2.23. The van der Waals surface area contributed by atoms with Gasteiger partial charge in [0.1, 0.15) is 22.3 Å². The van der Waals surface area contributed by atoms with Crippen LogP contribution in [-0.4, -0.2) is 0 Å². The molecular formula is C61H38O2. The average molecular weight is 803 g/mol. The van der Waals surface area contributed by atoms with E-state index in [4.69, 9.17) is 8.83 Å². The average Bonchev–Trinajstić information content (AvgIpc) is 3.98. The van der Waals surface area contributed by atoms with E-state index in [0.717, 1.165) is 60.2 Å². The second-order valence-corrected chi connectivity index (χ2v) is 17.9. The molecule has 63 heavy (non-hydrogen) atoms. The Hall–Kier alpha value is -7.94. The number of para-hydroxylation sites is 1. The van der Waals surface area contributed by atoms with Crippen LogP contribution in [0.5, 0.6) is 0 Å². The molecule has 0 amide bonds. The third kappa shape index (κ3) is 4.73. The first-order chi connectivity index (χ1) is 31.0. The molecule has 0 aliphatic heterocycles. The molecule has 294 valence electrons. The Kier molecular flexibility index (Phi) is 6.93. The number of fused-ring (bicyclic) bond motifs is 16. The summed E-state index contributed by atoms with van der Waals surface area (Å²) in [6, 6.07) is 71.1. The maximum atomic E-state index is 6.86. The van der Waals surface area contributed by atoms with Gasteiger partial charge in [0.25, 0.3) is 0 Å². The van der Waals surface area contributed by atoms with E-state index in [2.05, 4.69) is 202 Å². The Morgan fingerprint density at radius 3 is 1.44 bits per heavy atom. The molecule has 2 aromatic heterocycles. The number of benzene rings is 11. The predicted molar refractivity (Wildman–Crippen MR) is 265 cm³/mol. The predicted octanol–water partition coefficient (Wildman–Crippen LogP) is 17.4. The number of hydrogen-bond donors (Lipinski definition) is 0. The molecule has 14 rings (SSSR count). The summed E-state index contributed by atoms with van der Waals surface area (Å²) in [7, 11) is 0. The Morgan fingerprint density at radius 2 is 0.778 bits per heavy atom. The zero-order valence-electron chi connectivity index (χ0n) is 34.8. The maximum absolute atomic E-state index is 6.86. The highest BCUT2D eigenvalue weighted by Gasteiger charge is 2.36. The van der Waals surface area contributed by atoms with Gasteiger partial charge in [-0.05, 0) is 118 Å². The Balaban J connectivity index is 0.910. The van der Waals surface area contributed by atoms with Crippen LogP contribution in [0.15, 0.2) is 203 Å². The van der Waals surface area contributed by atoms with Gasteiger partial charge in [0.05, 0.1) is 0 Å². The molecule has 1 aliphatic rings. The summed E-state index contributed by atoms with van der Waals surface area (Å²) in [5, 5.41) is 14.2. The lowest BCUT2D eigenvalue weighted by Crippen LogP contribution is -2.15. The highest BCUT2D eigenvalue weighted by molar-refractivity contribution is 6.34. The van der Waals surface area contributed by atoms with Crippen molar-refractivity contribution >= 4 is 87.0 Å². The van der Waals surface area contributed by atoms with Gasteiger partial charge in [-0.25, -0.2) is 0 Å². The Labute approximate surface area is 363 Å². The molecular weight excluding hydrogens is 765 g/mol. The molecule has 1 aliphatic carbocycles. The molecule has 0 unspecified atom stereocenters. The summed E-state index contributed by atoms with van der Waals surface area (Å²) < 4.78 is 13.4. The molecule has 2 heteroatoms. The van der Waals surface area contributed by atoms with Gasteiger partial charge in [0.15, 0.2) is 0 Å². The summed E-state index contributed by atoms with van der Waals surface area (Å²) in [5.41, 5.74) is 16.1. The quantitative estimate of drug-likeness (QED) is 0.166. The van der Waals surface area contributed by atoms with Crippen LogP contribution in [0.1, 0.15) is 25.0 Å². The molecule has 0 fully saturated rings. The zero-order valence-corrected chi connectivity index (χ0v) is 34.8. The summed E-state index contributed by atoms with van der Waals surface area (Å²) in [5.74, 6) is 0. The van der Waals surface area contributed by atoms with E-state index in [1.165, 1.54) is 82.4 Å². The second kappa shape index (κ2) is 12.6. The normalized spacial score (nSPS) is 13.4. The SMILES string of the molecule is CC1(C)c2cc(-c3ccc4c(c3)oc3c5ccccc5c5oc6ccccc6c5c43)ccc2-c2ccc(-c3c4ccccc4c(-c4cccc5ccccc45)c4ccccc34)cc21. The van der Waals surface area contributed by atoms with E-state index in [0.29, 0.717) is 0 Å². The zero-order chi connectivity index (χ0) is 41.6. The fraction of sp³-hybridized carbons (Fsp3) is 0.0492. The van der Waals surface area contributed by atoms with Crippen molar-refractivity contribution in [3.63, 3.8) is 0 Å². The van der Waals surface area contributed by atoms with Crippen molar-refractivity contribution in [2.45, 2.75) is 19.3 Å². The molecule has 0 bridgehead atoms. The molecule has 11 aromatic carbocycles. The molecule has 0 radical (unpaired) electrons. The van der Waals surface area contributed by atoms with Gasteiger partial charge < -0.3 is 8.83 Å². The Morgan fingerprint density at radius 1 is 0.317 bits per heavy atom. The van der Waals surface area contributed by atoms with E-state index in [9.17, 15) is 0 Å². The second-order valence-electron chi connectivity index (χ2n) is 17.9. The van der Waals surface area contributed by atoms with Crippen molar-refractivity contribution in [3.8, 4) is 44.5 Å². The molecule has 0 saturated carbocycles. The van der Waals surface area contributed by atoms with E-state index >= 15 is 0 Å². The molecule has 0 spiro atoms. The van der Waals surface area contributed by atoms with Crippen LogP contribution in [0.2, 0.25) is 0 Å². The Bertz CT molecular complexity index is 4060. The summed E-state index contributed by atoms with van der Waals surface area (Å²) in [4.78, 5) is 0. The van der Waals surface area contributed by atoms with Gasteiger partial charge in [-0.1, -0.05) is 178 Å². The minimum atomic E-state index is -0.221. The van der Waals surface area contributed by atoms with E-state index in [-0.39, 0.29) is 5.41 Å². The van der Waals surface area contributed by atoms with Crippen LogP contribution < -0.4 is 0 Å².